The zero-order valence-electron chi connectivity index (χ0n) is 31.4. The van der Waals surface area contributed by atoms with E-state index in [-0.39, 0.29) is 89.2 Å². The summed E-state index contributed by atoms with van der Waals surface area (Å²) in [6.45, 7) is 5.80. The predicted molar refractivity (Wildman–Crippen MR) is 198 cm³/mol. The van der Waals surface area contributed by atoms with Crippen molar-refractivity contribution in [3.05, 3.63) is 65.2 Å². The Morgan fingerprint density at radius 3 is 1.85 bits per heavy atom. The number of fused-ring (bicyclic) bond motifs is 1. The largest absolute Gasteiger partial charge is 0.392 e. The number of hydroxylamine groups is 2. The molecule has 0 radical (unpaired) electrons. The van der Waals surface area contributed by atoms with Gasteiger partial charge in [-0.2, -0.15) is 0 Å². The van der Waals surface area contributed by atoms with Crippen LogP contribution in [-0.4, -0.2) is 118 Å². The fourth-order valence-corrected chi connectivity index (χ4v) is 5.46. The summed E-state index contributed by atoms with van der Waals surface area (Å²) in [4.78, 5) is 80.2. The first-order chi connectivity index (χ1) is 26.5. The van der Waals surface area contributed by atoms with Crippen molar-refractivity contribution in [2.45, 2.75) is 52.2 Å². The van der Waals surface area contributed by atoms with Crippen molar-refractivity contribution < 1.29 is 57.7 Å². The van der Waals surface area contributed by atoms with E-state index in [1.807, 2.05) is 0 Å². The molecule has 1 heterocycles. The van der Waals surface area contributed by atoms with Gasteiger partial charge in [0, 0.05) is 31.0 Å². The van der Waals surface area contributed by atoms with Gasteiger partial charge in [0.05, 0.1) is 83.2 Å². The highest BCUT2D eigenvalue weighted by Gasteiger charge is 2.36. The van der Waals surface area contributed by atoms with Crippen molar-refractivity contribution in [2.24, 2.45) is 17.6 Å². The predicted octanol–water partition coefficient (Wildman–Crippen LogP) is 1.97. The number of hydrogen-bond donors (Lipinski definition) is 5. The van der Waals surface area contributed by atoms with Gasteiger partial charge in [-0.05, 0) is 48.6 Å². The number of hydrogen-bond acceptors (Lipinski definition) is 12. The van der Waals surface area contributed by atoms with Crippen molar-refractivity contribution in [1.82, 2.24) is 15.7 Å². The number of urea groups is 1. The third-order valence-electron chi connectivity index (χ3n) is 8.38. The molecule has 3 rings (SSSR count). The molecule has 0 saturated carbocycles. The van der Waals surface area contributed by atoms with Crippen molar-refractivity contribution in [3.63, 3.8) is 0 Å². The topological polar surface area (TPSA) is 234 Å². The van der Waals surface area contributed by atoms with Crippen LogP contribution in [0.5, 0.6) is 0 Å². The van der Waals surface area contributed by atoms with Gasteiger partial charge in [0.15, 0.2) is 5.78 Å². The highest BCUT2D eigenvalue weighted by atomic mass is 16.7. The summed E-state index contributed by atoms with van der Waals surface area (Å²) >= 11 is 0. The van der Waals surface area contributed by atoms with Crippen LogP contribution in [0, 0.1) is 11.8 Å². The number of rotatable bonds is 28. The fraction of sp³-hybridized carbons (Fsp3) is 0.526. The van der Waals surface area contributed by atoms with E-state index in [2.05, 4.69) is 16.0 Å². The van der Waals surface area contributed by atoms with Crippen LogP contribution in [0.2, 0.25) is 0 Å². The molecule has 1 aliphatic rings. The molecule has 17 heteroatoms. The maximum atomic E-state index is 13.4. The summed E-state index contributed by atoms with van der Waals surface area (Å²) in [7, 11) is 0. The van der Waals surface area contributed by atoms with Crippen LogP contribution in [0.3, 0.4) is 0 Å². The van der Waals surface area contributed by atoms with E-state index in [0.717, 1.165) is 5.06 Å². The number of Topliss-reactive ketones (excluding diaryl/α,β-unsaturated/α-hetero) is 1. The van der Waals surface area contributed by atoms with Crippen LogP contribution in [-0.2, 0) is 44.8 Å². The van der Waals surface area contributed by atoms with Crippen molar-refractivity contribution >= 4 is 41.1 Å². The van der Waals surface area contributed by atoms with Crippen LogP contribution in [0.4, 0.5) is 10.5 Å². The zero-order chi connectivity index (χ0) is 40.0. The first-order valence-corrected chi connectivity index (χ1v) is 18.3. The monoisotopic (exact) mass is 771 g/mol. The number of benzene rings is 2. The number of ketones is 1. The Morgan fingerprint density at radius 2 is 1.33 bits per heavy atom. The average molecular weight is 772 g/mol. The van der Waals surface area contributed by atoms with Gasteiger partial charge in [-0.15, -0.1) is 5.06 Å². The molecule has 6 amide bonds. The number of nitrogens with zero attached hydrogens (tertiary/aromatic N) is 1. The molecule has 6 N–H and O–H groups in total. The molecule has 0 saturated heterocycles. The van der Waals surface area contributed by atoms with E-state index in [4.69, 9.17) is 29.5 Å². The molecule has 0 bridgehead atoms. The van der Waals surface area contributed by atoms with E-state index in [9.17, 15) is 33.9 Å². The highest BCUT2D eigenvalue weighted by Crippen LogP contribution is 2.23. The summed E-state index contributed by atoms with van der Waals surface area (Å²) in [5.41, 5.74) is 6.95. The van der Waals surface area contributed by atoms with Gasteiger partial charge >= 0.3 is 6.03 Å². The number of primary amides is 1. The fourth-order valence-electron chi connectivity index (χ4n) is 5.46. The number of ether oxygens (including phenoxy) is 4. The minimum absolute atomic E-state index is 0.0233. The number of nitrogens with two attached hydrogens (primary N) is 1. The Hall–Kier alpha value is -4.78. The maximum absolute atomic E-state index is 13.4. The molecule has 0 fully saturated rings. The van der Waals surface area contributed by atoms with Gasteiger partial charge < -0.3 is 45.7 Å². The van der Waals surface area contributed by atoms with Crippen LogP contribution >= 0.6 is 0 Å². The number of amides is 6. The summed E-state index contributed by atoms with van der Waals surface area (Å²) in [6, 6.07) is 11.7. The quantitative estimate of drug-likeness (QED) is 0.0617. The van der Waals surface area contributed by atoms with Gasteiger partial charge in [-0.1, -0.05) is 38.1 Å². The molecule has 0 aromatic heterocycles. The van der Waals surface area contributed by atoms with Crippen LogP contribution in [0.1, 0.15) is 65.8 Å². The van der Waals surface area contributed by atoms with Crippen LogP contribution in [0.15, 0.2) is 48.5 Å². The van der Waals surface area contributed by atoms with E-state index >= 15 is 0 Å². The molecule has 2 aromatic carbocycles. The average Bonchev–Trinajstić information content (AvgIpc) is 3.41. The van der Waals surface area contributed by atoms with Crippen LogP contribution < -0.4 is 21.7 Å². The summed E-state index contributed by atoms with van der Waals surface area (Å²) in [5, 5.41) is 18.1. The second-order valence-corrected chi connectivity index (χ2v) is 12.9. The third kappa shape index (κ3) is 15.8. The molecule has 2 aromatic rings. The maximum Gasteiger partial charge on any atom is 0.312 e. The lowest BCUT2D eigenvalue weighted by atomic mass is 9.89. The molecule has 0 unspecified atom stereocenters. The molecule has 0 aliphatic carbocycles. The summed E-state index contributed by atoms with van der Waals surface area (Å²) < 4.78 is 21.8. The van der Waals surface area contributed by atoms with E-state index in [1.165, 1.54) is 0 Å². The lowest BCUT2D eigenvalue weighted by Crippen LogP contribution is -2.45. The Labute approximate surface area is 320 Å². The number of anilines is 1. The highest BCUT2D eigenvalue weighted by molar-refractivity contribution is 6.20. The Bertz CT molecular complexity index is 1520. The third-order valence-corrected chi connectivity index (χ3v) is 8.38. The normalized spacial score (nSPS) is 13.4. The van der Waals surface area contributed by atoms with Gasteiger partial charge in [0.1, 0.15) is 0 Å². The number of imide groups is 1. The van der Waals surface area contributed by atoms with E-state index in [1.54, 1.807) is 62.4 Å². The zero-order valence-corrected chi connectivity index (χ0v) is 31.4. The first-order valence-electron chi connectivity index (χ1n) is 18.3. The summed E-state index contributed by atoms with van der Waals surface area (Å²) in [5.74, 6) is -3.00. The van der Waals surface area contributed by atoms with E-state index in [0.29, 0.717) is 55.0 Å². The minimum Gasteiger partial charge on any atom is -0.392 e. The molecule has 0 spiro atoms. The van der Waals surface area contributed by atoms with Gasteiger partial charge in [0.25, 0.3) is 11.8 Å². The Balaban J connectivity index is 1.24. The number of aliphatic hydroxyl groups is 1. The van der Waals surface area contributed by atoms with E-state index < -0.39 is 29.8 Å². The Kier molecular flexibility index (Phi) is 19.9. The molecule has 17 nitrogen and oxygen atoms in total. The number of nitrogens with one attached hydrogen (secondary N) is 3. The van der Waals surface area contributed by atoms with Gasteiger partial charge in [0.2, 0.25) is 11.8 Å². The lowest BCUT2D eigenvalue weighted by Gasteiger charge is -2.24. The van der Waals surface area contributed by atoms with Crippen molar-refractivity contribution in [3.8, 4) is 0 Å². The van der Waals surface area contributed by atoms with Crippen LogP contribution in [0.25, 0.3) is 0 Å². The second kappa shape index (κ2) is 24.6. The van der Waals surface area contributed by atoms with Gasteiger partial charge in [-0.25, -0.2) is 4.79 Å². The number of carbonyl (C=O) groups is 6. The molecule has 2 atom stereocenters. The Morgan fingerprint density at radius 1 is 0.782 bits per heavy atom. The molecule has 1 aliphatic heterocycles. The number of aliphatic hydroxyl groups excluding tert-OH is 1. The SMILES string of the molecule is CC(C)[C@H](NC(=O)CCOCCOCCOCCOCCON1C(=O)c2ccccc2C1=O)C(=O)C[C@@H](CCCNC(N)=O)C(=O)Nc1ccc(CO)cc1. The molecular formula is C38H53N5O12. The molecular weight excluding hydrogens is 718 g/mol. The molecule has 55 heavy (non-hydrogen) atoms. The lowest BCUT2D eigenvalue weighted by molar-refractivity contribution is -0.131. The van der Waals surface area contributed by atoms with Gasteiger partial charge in [-0.3, -0.25) is 28.8 Å². The smallest absolute Gasteiger partial charge is 0.312 e. The minimum atomic E-state index is -0.817. The second-order valence-electron chi connectivity index (χ2n) is 12.9. The molecule has 302 valence electrons. The van der Waals surface area contributed by atoms with Crippen molar-refractivity contribution in [2.75, 3.05) is 71.3 Å². The standard InChI is InChI=1S/C38H53N5O12/c1-26(2)34(32(45)24-28(6-5-14-40-38(39)50)35(47)41-29-11-9-27(25-44)10-12-29)42-33(46)13-15-51-16-17-52-18-19-53-20-21-54-22-23-55-43-36(48)30-7-3-4-8-31(30)37(43)49/h3-4,7-12,26,28,34,44H,5-6,13-25H2,1-2H3,(H,41,47)(H,42,46)(H3,39,40,50)/t28-,34+/m1/s1. The summed E-state index contributed by atoms with van der Waals surface area (Å²) in [6.07, 6.45) is 0.599. The number of carbonyl (C=O) groups excluding carboxylic acids is 6. The van der Waals surface area contributed by atoms with Crippen molar-refractivity contribution in [1.29, 1.82) is 0 Å². The first kappa shape index (κ1) is 44.6.